The minimum Gasteiger partial charge on any atom is -0.450 e. The normalized spacial score (nSPS) is 24.8. The van der Waals surface area contributed by atoms with Gasteiger partial charge >= 0.3 is 6.16 Å². The Morgan fingerprint density at radius 2 is 1.69 bits per heavy atom. The van der Waals surface area contributed by atoms with Crippen LogP contribution in [0, 0.1) is 5.92 Å². The van der Waals surface area contributed by atoms with Crippen LogP contribution in [-0.2, 0) is 19.5 Å². The highest BCUT2D eigenvalue weighted by Crippen LogP contribution is 2.37. The van der Waals surface area contributed by atoms with Crippen molar-refractivity contribution in [3.63, 3.8) is 0 Å². The van der Waals surface area contributed by atoms with Gasteiger partial charge in [-0.05, 0) is 48.2 Å². The Bertz CT molecular complexity index is 993. The third-order valence-corrected chi connectivity index (χ3v) is 7.53. The second-order valence-corrected chi connectivity index (χ2v) is 9.40. The molecule has 2 heterocycles. The van der Waals surface area contributed by atoms with Gasteiger partial charge in [0.15, 0.2) is 6.23 Å². The Labute approximate surface area is 173 Å². The van der Waals surface area contributed by atoms with E-state index in [0.29, 0.717) is 24.5 Å². The van der Waals surface area contributed by atoms with E-state index in [2.05, 4.69) is 0 Å². The van der Waals surface area contributed by atoms with E-state index < -0.39 is 22.4 Å². The summed E-state index contributed by atoms with van der Waals surface area (Å²) >= 11 is 5.91. The minimum atomic E-state index is -3.93. The number of nitrogens with zero attached hydrogens (tertiary/aromatic N) is 1. The minimum absolute atomic E-state index is 0.0894. The van der Waals surface area contributed by atoms with Gasteiger partial charge in [0.25, 0.3) is 0 Å². The largest absolute Gasteiger partial charge is 0.507 e. The molecule has 2 saturated heterocycles. The van der Waals surface area contributed by atoms with Gasteiger partial charge in [-0.15, -0.1) is 0 Å². The Kier molecular flexibility index (Phi) is 5.52. The van der Waals surface area contributed by atoms with Gasteiger partial charge in [0.1, 0.15) is 0 Å². The molecule has 0 aliphatic carbocycles. The number of sulfonamides is 1. The van der Waals surface area contributed by atoms with Crippen molar-refractivity contribution in [2.24, 2.45) is 5.92 Å². The Hall–Kier alpha value is -2.13. The SMILES string of the molecule is O=C(O)OC1C2CCOC2CCN1S(=O)(=O)c1ccc(-c2ccc(Cl)cc2)cc1. The zero-order valence-corrected chi connectivity index (χ0v) is 17.0. The number of carboxylic acid groups (broad SMARTS) is 1. The van der Waals surface area contributed by atoms with E-state index in [0.717, 1.165) is 15.4 Å². The molecule has 2 aromatic carbocycles. The molecule has 4 rings (SSSR count). The molecule has 2 aromatic rings. The molecular formula is C20H20ClNO6S. The fourth-order valence-electron chi connectivity index (χ4n) is 3.99. The maximum atomic E-state index is 13.3. The van der Waals surface area contributed by atoms with Gasteiger partial charge in [-0.25, -0.2) is 13.2 Å². The van der Waals surface area contributed by atoms with Crippen LogP contribution in [0.3, 0.4) is 0 Å². The topological polar surface area (TPSA) is 93.1 Å². The summed E-state index contributed by atoms with van der Waals surface area (Å²) in [5.74, 6) is -0.303. The first kappa shape index (κ1) is 20.2. The molecule has 9 heteroatoms. The number of piperidine rings is 1. The molecule has 29 heavy (non-hydrogen) atoms. The summed E-state index contributed by atoms with van der Waals surface area (Å²) in [6.45, 7) is 0.610. The van der Waals surface area contributed by atoms with Crippen molar-refractivity contribution < 1.29 is 27.8 Å². The van der Waals surface area contributed by atoms with Crippen LogP contribution in [-0.4, -0.2) is 49.5 Å². The maximum Gasteiger partial charge on any atom is 0.507 e. The summed E-state index contributed by atoms with van der Waals surface area (Å²) in [5.41, 5.74) is 1.76. The zero-order chi connectivity index (χ0) is 20.6. The van der Waals surface area contributed by atoms with Crippen LogP contribution in [0.15, 0.2) is 53.4 Å². The number of benzene rings is 2. The van der Waals surface area contributed by atoms with Crippen LogP contribution >= 0.6 is 11.6 Å². The lowest BCUT2D eigenvalue weighted by Gasteiger charge is -2.39. The van der Waals surface area contributed by atoms with Gasteiger partial charge in [-0.2, -0.15) is 4.31 Å². The zero-order valence-electron chi connectivity index (χ0n) is 15.4. The van der Waals surface area contributed by atoms with E-state index in [-0.39, 0.29) is 23.5 Å². The monoisotopic (exact) mass is 437 g/mol. The third-order valence-electron chi connectivity index (χ3n) is 5.40. The van der Waals surface area contributed by atoms with Crippen LogP contribution in [0.25, 0.3) is 11.1 Å². The van der Waals surface area contributed by atoms with Crippen LogP contribution in [0.4, 0.5) is 4.79 Å². The molecule has 154 valence electrons. The molecule has 0 amide bonds. The molecule has 0 bridgehead atoms. The van der Waals surface area contributed by atoms with E-state index in [1.807, 2.05) is 12.1 Å². The van der Waals surface area contributed by atoms with Gasteiger partial charge < -0.3 is 14.6 Å². The first-order chi connectivity index (χ1) is 13.9. The Morgan fingerprint density at radius 1 is 1.07 bits per heavy atom. The lowest BCUT2D eigenvalue weighted by Crippen LogP contribution is -2.53. The summed E-state index contributed by atoms with van der Waals surface area (Å²) in [6, 6.07) is 13.7. The van der Waals surface area contributed by atoms with Crippen molar-refractivity contribution in [2.75, 3.05) is 13.2 Å². The van der Waals surface area contributed by atoms with Gasteiger partial charge in [0.05, 0.1) is 11.0 Å². The van der Waals surface area contributed by atoms with E-state index in [9.17, 15) is 13.2 Å². The predicted octanol–water partition coefficient (Wildman–Crippen LogP) is 3.83. The van der Waals surface area contributed by atoms with Crippen molar-refractivity contribution >= 4 is 27.8 Å². The summed E-state index contributed by atoms with van der Waals surface area (Å²) in [6.07, 6.45) is -1.70. The quantitative estimate of drug-likeness (QED) is 0.731. The van der Waals surface area contributed by atoms with E-state index in [4.69, 9.17) is 26.2 Å². The highest BCUT2D eigenvalue weighted by molar-refractivity contribution is 7.89. The Morgan fingerprint density at radius 3 is 2.31 bits per heavy atom. The summed E-state index contributed by atoms with van der Waals surface area (Å²) < 4.78 is 38.3. The number of hydrogen-bond acceptors (Lipinski definition) is 5. The molecule has 0 spiro atoms. The molecule has 3 atom stereocenters. The van der Waals surface area contributed by atoms with Gasteiger partial charge in [-0.3, -0.25) is 0 Å². The average Bonchev–Trinajstić information content (AvgIpc) is 3.18. The first-order valence-corrected chi connectivity index (χ1v) is 11.1. The molecule has 3 unspecified atom stereocenters. The highest BCUT2D eigenvalue weighted by atomic mass is 35.5. The smallest absolute Gasteiger partial charge is 0.450 e. The number of carbonyl (C=O) groups is 1. The fraction of sp³-hybridized carbons (Fsp3) is 0.350. The standard InChI is InChI=1S/C20H20ClNO6S/c21-15-5-1-13(2-6-15)14-3-7-16(8-4-14)29(25,26)22-11-9-18-17(10-12-27-18)19(22)28-20(23)24/h1-8,17-19H,9-12H2,(H,23,24). The second kappa shape index (κ2) is 7.95. The van der Waals surface area contributed by atoms with Crippen LogP contribution in [0.1, 0.15) is 12.8 Å². The van der Waals surface area contributed by atoms with Gasteiger partial charge in [-0.1, -0.05) is 35.9 Å². The number of hydrogen-bond donors (Lipinski definition) is 1. The van der Waals surface area contributed by atoms with E-state index in [1.54, 1.807) is 24.3 Å². The summed E-state index contributed by atoms with van der Waals surface area (Å²) in [4.78, 5) is 11.3. The Balaban J connectivity index is 1.62. The summed E-state index contributed by atoms with van der Waals surface area (Å²) in [7, 11) is -3.93. The molecular weight excluding hydrogens is 418 g/mol. The lowest BCUT2D eigenvalue weighted by molar-refractivity contribution is -0.0791. The molecule has 7 nitrogen and oxygen atoms in total. The van der Waals surface area contributed by atoms with Crippen molar-refractivity contribution in [3.05, 3.63) is 53.6 Å². The van der Waals surface area contributed by atoms with Gasteiger partial charge in [0.2, 0.25) is 10.0 Å². The van der Waals surface area contributed by atoms with Crippen molar-refractivity contribution in [3.8, 4) is 11.1 Å². The number of halogens is 1. The summed E-state index contributed by atoms with van der Waals surface area (Å²) in [5, 5.41) is 9.75. The second-order valence-electron chi connectivity index (χ2n) is 7.07. The number of ether oxygens (including phenoxy) is 2. The number of fused-ring (bicyclic) bond motifs is 1. The van der Waals surface area contributed by atoms with E-state index in [1.165, 1.54) is 12.1 Å². The molecule has 2 fully saturated rings. The van der Waals surface area contributed by atoms with Crippen LogP contribution in [0.2, 0.25) is 5.02 Å². The highest BCUT2D eigenvalue weighted by Gasteiger charge is 2.48. The van der Waals surface area contributed by atoms with Crippen LogP contribution in [0.5, 0.6) is 0 Å². The molecule has 0 aromatic heterocycles. The average molecular weight is 438 g/mol. The predicted molar refractivity (Wildman–Crippen MR) is 106 cm³/mol. The van der Waals surface area contributed by atoms with E-state index >= 15 is 0 Å². The maximum absolute atomic E-state index is 13.3. The molecule has 2 aliphatic rings. The van der Waals surface area contributed by atoms with Crippen molar-refractivity contribution in [2.45, 2.75) is 30.1 Å². The molecule has 2 aliphatic heterocycles. The van der Waals surface area contributed by atoms with Crippen molar-refractivity contribution in [1.29, 1.82) is 0 Å². The first-order valence-electron chi connectivity index (χ1n) is 9.25. The molecule has 1 N–H and O–H groups in total. The third kappa shape index (κ3) is 3.98. The van der Waals surface area contributed by atoms with Gasteiger partial charge in [0, 0.05) is 24.1 Å². The van der Waals surface area contributed by atoms with Crippen molar-refractivity contribution in [1.82, 2.24) is 4.31 Å². The molecule has 0 saturated carbocycles. The lowest BCUT2D eigenvalue weighted by atomic mass is 9.93. The van der Waals surface area contributed by atoms with Crippen LogP contribution < -0.4 is 0 Å². The molecule has 0 radical (unpaired) electrons. The fourth-order valence-corrected chi connectivity index (χ4v) is 5.68. The number of rotatable bonds is 4.